The zero-order chi connectivity index (χ0) is 16.2. The summed E-state index contributed by atoms with van der Waals surface area (Å²) in [5, 5.41) is 8.97. The average Bonchev–Trinajstić information content (AvgIpc) is 2.57. The van der Waals surface area contributed by atoms with Crippen LogP contribution in [0.5, 0.6) is 0 Å². The van der Waals surface area contributed by atoms with E-state index >= 15 is 0 Å². The summed E-state index contributed by atoms with van der Waals surface area (Å²) in [6.07, 6.45) is 0.212. The summed E-state index contributed by atoms with van der Waals surface area (Å²) in [5.41, 5.74) is 3.59. The van der Waals surface area contributed by atoms with E-state index in [0.717, 1.165) is 16.7 Å². The maximum absolute atomic E-state index is 13.1. The molecule has 0 aliphatic rings. The monoisotopic (exact) mass is 306 g/mol. The molecule has 1 aromatic heterocycles. The summed E-state index contributed by atoms with van der Waals surface area (Å²) in [7, 11) is 0. The molecule has 3 rings (SSSR count). The smallest absolute Gasteiger partial charge is 0.123 e. The van der Waals surface area contributed by atoms with Gasteiger partial charge in [0, 0.05) is 11.1 Å². The van der Waals surface area contributed by atoms with Crippen molar-refractivity contribution in [2.24, 2.45) is 0 Å². The first-order valence-corrected chi connectivity index (χ1v) is 7.06. The Hall–Kier alpha value is -3.06. The first-order chi connectivity index (χ1) is 11.2. The molecular weight excluding hydrogens is 294 g/mol. The van der Waals surface area contributed by atoms with Crippen molar-refractivity contribution in [1.82, 2.24) is 4.98 Å². The Morgan fingerprint density at radius 2 is 1.35 bits per heavy atom. The van der Waals surface area contributed by atoms with Crippen LogP contribution in [0.4, 0.5) is 8.78 Å². The lowest BCUT2D eigenvalue weighted by atomic mass is 10.0. The van der Waals surface area contributed by atoms with E-state index in [-0.39, 0.29) is 18.1 Å². The van der Waals surface area contributed by atoms with Crippen LogP contribution in [-0.4, -0.2) is 4.98 Å². The fourth-order valence-corrected chi connectivity index (χ4v) is 2.35. The number of aromatic nitrogens is 1. The molecule has 0 fully saturated rings. The Morgan fingerprint density at radius 1 is 0.783 bits per heavy atom. The predicted molar refractivity (Wildman–Crippen MR) is 84.3 cm³/mol. The van der Waals surface area contributed by atoms with Crippen molar-refractivity contribution in [3.05, 3.63) is 77.9 Å². The molecule has 0 radical (unpaired) electrons. The van der Waals surface area contributed by atoms with Crippen molar-refractivity contribution in [2.75, 3.05) is 0 Å². The van der Waals surface area contributed by atoms with Crippen LogP contribution >= 0.6 is 0 Å². The molecule has 0 spiro atoms. The highest BCUT2D eigenvalue weighted by molar-refractivity contribution is 5.69. The third-order valence-electron chi connectivity index (χ3n) is 3.51. The van der Waals surface area contributed by atoms with Gasteiger partial charge in [0.15, 0.2) is 0 Å². The summed E-state index contributed by atoms with van der Waals surface area (Å²) in [4.78, 5) is 4.60. The minimum atomic E-state index is -0.328. The van der Waals surface area contributed by atoms with Crippen LogP contribution in [0.25, 0.3) is 22.5 Å². The van der Waals surface area contributed by atoms with Crippen LogP contribution in [0.3, 0.4) is 0 Å². The van der Waals surface area contributed by atoms with Crippen molar-refractivity contribution in [3.8, 4) is 28.6 Å². The van der Waals surface area contributed by atoms with Gasteiger partial charge in [-0.3, -0.25) is 0 Å². The van der Waals surface area contributed by atoms with Gasteiger partial charge in [-0.25, -0.2) is 13.8 Å². The zero-order valence-corrected chi connectivity index (χ0v) is 12.1. The van der Waals surface area contributed by atoms with Gasteiger partial charge in [-0.05, 0) is 60.2 Å². The molecule has 0 aliphatic heterocycles. The molecule has 4 heteroatoms. The van der Waals surface area contributed by atoms with Crippen LogP contribution in [0.2, 0.25) is 0 Å². The van der Waals surface area contributed by atoms with Gasteiger partial charge in [-0.2, -0.15) is 5.26 Å². The third kappa shape index (κ3) is 3.24. The van der Waals surface area contributed by atoms with E-state index in [2.05, 4.69) is 11.1 Å². The van der Waals surface area contributed by atoms with Crippen LogP contribution in [-0.2, 0) is 6.42 Å². The van der Waals surface area contributed by atoms with E-state index in [1.165, 1.54) is 24.3 Å². The lowest BCUT2D eigenvalue weighted by molar-refractivity contribution is 0.627. The lowest BCUT2D eigenvalue weighted by Crippen LogP contribution is -1.95. The molecule has 2 aromatic carbocycles. The number of nitriles is 1. The highest BCUT2D eigenvalue weighted by atomic mass is 19.1. The topological polar surface area (TPSA) is 36.7 Å². The molecule has 0 atom stereocenters. The Balaban J connectivity index is 2.11. The van der Waals surface area contributed by atoms with Gasteiger partial charge in [0.05, 0.1) is 23.9 Å². The molecule has 112 valence electrons. The van der Waals surface area contributed by atoms with Crippen molar-refractivity contribution in [2.45, 2.75) is 6.42 Å². The SMILES string of the molecule is N#CCc1ccc(-c2ccc(F)cc2)nc1-c1ccc(F)cc1. The predicted octanol–water partition coefficient (Wildman–Crippen LogP) is 4.76. The van der Waals surface area contributed by atoms with Gasteiger partial charge < -0.3 is 0 Å². The zero-order valence-electron chi connectivity index (χ0n) is 12.1. The van der Waals surface area contributed by atoms with E-state index in [0.29, 0.717) is 11.4 Å². The molecule has 1 heterocycles. The fraction of sp³-hybridized carbons (Fsp3) is 0.0526. The van der Waals surface area contributed by atoms with Crippen LogP contribution in [0.1, 0.15) is 5.56 Å². The largest absolute Gasteiger partial charge is 0.247 e. The standard InChI is InChI=1S/C19H12F2N2/c20-16-6-1-13(2-7-16)18-10-5-15(11-12-22)19(23-18)14-3-8-17(21)9-4-14/h1-10H,11H2. The van der Waals surface area contributed by atoms with E-state index in [1.54, 1.807) is 30.3 Å². The Kier molecular flexibility index (Phi) is 4.11. The van der Waals surface area contributed by atoms with E-state index in [4.69, 9.17) is 5.26 Å². The van der Waals surface area contributed by atoms with Crippen molar-refractivity contribution in [3.63, 3.8) is 0 Å². The number of hydrogen-bond acceptors (Lipinski definition) is 2. The molecule has 0 saturated heterocycles. The van der Waals surface area contributed by atoms with Gasteiger partial charge in [-0.1, -0.05) is 6.07 Å². The summed E-state index contributed by atoms with van der Waals surface area (Å²) in [6, 6.07) is 17.8. The summed E-state index contributed by atoms with van der Waals surface area (Å²) in [6.45, 7) is 0. The Labute approximate surface area is 132 Å². The molecule has 0 aliphatic carbocycles. The minimum Gasteiger partial charge on any atom is -0.247 e. The summed E-state index contributed by atoms with van der Waals surface area (Å²) >= 11 is 0. The van der Waals surface area contributed by atoms with Crippen LogP contribution < -0.4 is 0 Å². The van der Waals surface area contributed by atoms with Gasteiger partial charge >= 0.3 is 0 Å². The number of benzene rings is 2. The first kappa shape index (κ1) is 14.9. The highest BCUT2D eigenvalue weighted by Crippen LogP contribution is 2.27. The van der Waals surface area contributed by atoms with Crippen LogP contribution in [0, 0.1) is 23.0 Å². The van der Waals surface area contributed by atoms with E-state index in [1.807, 2.05) is 6.07 Å². The summed E-state index contributed by atoms with van der Waals surface area (Å²) < 4.78 is 26.2. The quantitative estimate of drug-likeness (QED) is 0.699. The Morgan fingerprint density at radius 3 is 1.91 bits per heavy atom. The van der Waals surface area contributed by atoms with E-state index < -0.39 is 0 Å². The fourth-order valence-electron chi connectivity index (χ4n) is 2.35. The number of rotatable bonds is 3. The average molecular weight is 306 g/mol. The number of pyridine rings is 1. The molecule has 0 N–H and O–H groups in total. The second kappa shape index (κ2) is 6.37. The minimum absolute atomic E-state index is 0.212. The number of halogens is 2. The van der Waals surface area contributed by atoms with E-state index in [9.17, 15) is 8.78 Å². The second-order valence-corrected chi connectivity index (χ2v) is 5.05. The normalized spacial score (nSPS) is 10.3. The molecule has 0 unspecified atom stereocenters. The third-order valence-corrected chi connectivity index (χ3v) is 3.51. The van der Waals surface area contributed by atoms with Crippen molar-refractivity contribution in [1.29, 1.82) is 5.26 Å². The number of hydrogen-bond donors (Lipinski definition) is 0. The number of nitrogens with zero attached hydrogens (tertiary/aromatic N) is 2. The molecule has 2 nitrogen and oxygen atoms in total. The van der Waals surface area contributed by atoms with Crippen molar-refractivity contribution >= 4 is 0 Å². The molecule has 0 saturated carbocycles. The van der Waals surface area contributed by atoms with Crippen LogP contribution in [0.15, 0.2) is 60.7 Å². The van der Waals surface area contributed by atoms with Gasteiger partial charge in [0.1, 0.15) is 11.6 Å². The van der Waals surface area contributed by atoms with Gasteiger partial charge in [0.25, 0.3) is 0 Å². The molecule has 0 bridgehead atoms. The molecular formula is C19H12F2N2. The van der Waals surface area contributed by atoms with Gasteiger partial charge in [0.2, 0.25) is 0 Å². The molecule has 3 aromatic rings. The van der Waals surface area contributed by atoms with Crippen molar-refractivity contribution < 1.29 is 8.78 Å². The summed E-state index contributed by atoms with van der Waals surface area (Å²) in [5.74, 6) is -0.640. The maximum Gasteiger partial charge on any atom is 0.123 e. The van der Waals surface area contributed by atoms with Gasteiger partial charge in [-0.15, -0.1) is 0 Å². The first-order valence-electron chi connectivity index (χ1n) is 7.06. The molecule has 23 heavy (non-hydrogen) atoms. The molecule has 0 amide bonds. The maximum atomic E-state index is 13.1. The second-order valence-electron chi connectivity index (χ2n) is 5.05. The highest BCUT2D eigenvalue weighted by Gasteiger charge is 2.10. The lowest BCUT2D eigenvalue weighted by Gasteiger charge is -2.10. The Bertz CT molecular complexity index is 863.